The maximum absolute atomic E-state index is 12.5. The molecule has 10 heteroatoms. The molecule has 2 aromatic carbocycles. The van der Waals surface area contributed by atoms with Crippen LogP contribution in [-0.2, 0) is 14.8 Å². The molecule has 0 fully saturated rings. The first-order valence-corrected chi connectivity index (χ1v) is 12.6. The number of anilines is 1. The molecule has 3 aromatic rings. The smallest absolute Gasteiger partial charge is 0.260 e. The number of ether oxygens (including phenoxy) is 1. The van der Waals surface area contributed by atoms with E-state index >= 15 is 0 Å². The molecule has 1 aromatic heterocycles. The molecule has 1 heterocycles. The van der Waals surface area contributed by atoms with Gasteiger partial charge in [-0.1, -0.05) is 29.3 Å². The predicted molar refractivity (Wildman–Crippen MR) is 136 cm³/mol. The molecule has 1 amide bonds. The minimum absolute atomic E-state index is 0.165. The second-order valence-electron chi connectivity index (χ2n) is 7.88. The average Bonchev–Trinajstić information content (AvgIpc) is 3.05. The highest BCUT2D eigenvalue weighted by Gasteiger charge is 2.24. The molecule has 34 heavy (non-hydrogen) atoms. The molecule has 0 aliphatic heterocycles. The zero-order chi connectivity index (χ0) is 25.0. The van der Waals surface area contributed by atoms with Gasteiger partial charge in [-0.05, 0) is 57.2 Å². The second kappa shape index (κ2) is 10.3. The lowest BCUT2D eigenvalue weighted by Crippen LogP contribution is -2.39. The van der Waals surface area contributed by atoms with Crippen molar-refractivity contribution < 1.29 is 17.9 Å². The van der Waals surface area contributed by atoms with Gasteiger partial charge in [0.05, 0.1) is 25.3 Å². The van der Waals surface area contributed by atoms with Crippen LogP contribution in [0, 0.1) is 20.8 Å². The molecule has 0 aliphatic carbocycles. The number of hydrogen-bond acceptors (Lipinski definition) is 5. The number of rotatable bonds is 8. The fraction of sp³-hybridized carbons (Fsp3) is 0.250. The lowest BCUT2D eigenvalue weighted by atomic mass is 10.2. The summed E-state index contributed by atoms with van der Waals surface area (Å²) in [6.07, 6.45) is 2.54. The van der Waals surface area contributed by atoms with E-state index in [1.165, 1.54) is 31.0 Å². The van der Waals surface area contributed by atoms with E-state index in [9.17, 15) is 13.2 Å². The summed E-state index contributed by atoms with van der Waals surface area (Å²) in [5.41, 5.74) is 7.58. The summed E-state index contributed by atoms with van der Waals surface area (Å²) in [6.45, 7) is 5.50. The molecule has 0 spiro atoms. The zero-order valence-electron chi connectivity index (χ0n) is 19.7. The quantitative estimate of drug-likeness (QED) is 0.372. The average molecular weight is 503 g/mol. The number of sulfonamides is 1. The number of nitrogens with one attached hydrogen (secondary N) is 1. The Hall–Kier alpha value is -3.30. The lowest BCUT2D eigenvalue weighted by molar-refractivity contribution is -0.119. The third kappa shape index (κ3) is 5.78. The van der Waals surface area contributed by atoms with Crippen LogP contribution in [-0.4, -0.2) is 45.0 Å². The molecule has 0 saturated carbocycles. The maximum atomic E-state index is 12.5. The molecule has 0 atom stereocenters. The van der Waals surface area contributed by atoms with E-state index in [1.54, 1.807) is 6.07 Å². The number of aryl methyl sites for hydroxylation is 2. The zero-order valence-corrected chi connectivity index (χ0v) is 21.2. The van der Waals surface area contributed by atoms with E-state index in [1.807, 2.05) is 51.1 Å². The molecular weight excluding hydrogens is 476 g/mol. The van der Waals surface area contributed by atoms with Gasteiger partial charge < -0.3 is 9.30 Å². The number of halogens is 1. The fourth-order valence-electron chi connectivity index (χ4n) is 3.59. The van der Waals surface area contributed by atoms with E-state index in [4.69, 9.17) is 16.3 Å². The highest BCUT2D eigenvalue weighted by Crippen LogP contribution is 2.32. The molecule has 3 rings (SSSR count). The van der Waals surface area contributed by atoms with Crippen molar-refractivity contribution in [1.29, 1.82) is 0 Å². The van der Waals surface area contributed by atoms with Gasteiger partial charge in [-0.25, -0.2) is 13.8 Å². The summed E-state index contributed by atoms with van der Waals surface area (Å²) in [7, 11) is -2.40. The van der Waals surface area contributed by atoms with Gasteiger partial charge in [0, 0.05) is 27.7 Å². The van der Waals surface area contributed by atoms with E-state index < -0.39 is 22.5 Å². The number of benzene rings is 2. The summed E-state index contributed by atoms with van der Waals surface area (Å²) < 4.78 is 33.0. The Balaban J connectivity index is 1.78. The lowest BCUT2D eigenvalue weighted by Gasteiger charge is -2.23. The monoisotopic (exact) mass is 502 g/mol. The summed E-state index contributed by atoms with van der Waals surface area (Å²) in [5.74, 6) is -0.342. The van der Waals surface area contributed by atoms with E-state index in [0.717, 1.165) is 33.2 Å². The Morgan fingerprint density at radius 2 is 1.82 bits per heavy atom. The van der Waals surface area contributed by atoms with Crippen LogP contribution >= 0.6 is 11.6 Å². The largest absolute Gasteiger partial charge is 0.495 e. The molecule has 8 nitrogen and oxygen atoms in total. The summed E-state index contributed by atoms with van der Waals surface area (Å²) in [5, 5.41) is 4.35. The number of methoxy groups -OCH3 is 1. The minimum Gasteiger partial charge on any atom is -0.495 e. The van der Waals surface area contributed by atoms with Crippen LogP contribution in [0.1, 0.15) is 22.5 Å². The summed E-state index contributed by atoms with van der Waals surface area (Å²) in [6, 6.07) is 14.7. The van der Waals surface area contributed by atoms with Crippen LogP contribution in [0.25, 0.3) is 5.69 Å². The molecule has 0 radical (unpaired) electrons. The Morgan fingerprint density at radius 3 is 2.44 bits per heavy atom. The Bertz CT molecular complexity index is 1330. The van der Waals surface area contributed by atoms with Gasteiger partial charge in [0.15, 0.2) is 0 Å². The van der Waals surface area contributed by atoms with Crippen LogP contribution in [0.15, 0.2) is 53.6 Å². The standard InChI is InChI=1S/C24H27ClN4O4S/c1-16-6-9-21(10-7-16)29-17(2)12-19(18(29)3)14-26-27-24(30)15-28(34(5,31)32)22-13-20(25)8-11-23(22)33-4/h6-14H,15H2,1-5H3,(H,27,30)/b26-14-. The van der Waals surface area contributed by atoms with Crippen LogP contribution in [0.5, 0.6) is 5.75 Å². The summed E-state index contributed by atoms with van der Waals surface area (Å²) in [4.78, 5) is 12.5. The van der Waals surface area contributed by atoms with Crippen molar-refractivity contribution in [3.05, 3.63) is 76.1 Å². The van der Waals surface area contributed by atoms with Gasteiger partial charge >= 0.3 is 0 Å². The molecule has 1 N–H and O–H groups in total. The highest BCUT2D eigenvalue weighted by molar-refractivity contribution is 7.92. The van der Waals surface area contributed by atoms with Gasteiger partial charge in [0.2, 0.25) is 10.0 Å². The Kier molecular flexibility index (Phi) is 7.68. The number of nitrogens with zero attached hydrogens (tertiary/aromatic N) is 3. The van der Waals surface area contributed by atoms with Crippen molar-refractivity contribution >= 4 is 39.4 Å². The Morgan fingerprint density at radius 1 is 1.15 bits per heavy atom. The molecule has 0 aliphatic rings. The van der Waals surface area contributed by atoms with Gasteiger partial charge in [0.1, 0.15) is 12.3 Å². The number of carbonyl (C=O) groups excluding carboxylic acids is 1. The first-order chi connectivity index (χ1) is 16.0. The minimum atomic E-state index is -3.80. The number of hydrogen-bond donors (Lipinski definition) is 1. The van der Waals surface area contributed by atoms with E-state index in [-0.39, 0.29) is 11.4 Å². The van der Waals surface area contributed by atoms with E-state index in [0.29, 0.717) is 5.02 Å². The van der Waals surface area contributed by atoms with E-state index in [2.05, 4.69) is 15.1 Å². The summed E-state index contributed by atoms with van der Waals surface area (Å²) >= 11 is 6.03. The van der Waals surface area contributed by atoms with Gasteiger partial charge in [-0.2, -0.15) is 5.10 Å². The molecule has 0 bridgehead atoms. The SMILES string of the molecule is COc1ccc(Cl)cc1N(CC(=O)N/N=C\c1cc(C)n(-c2ccc(C)cc2)c1C)S(C)(=O)=O. The first kappa shape index (κ1) is 25.3. The van der Waals surface area contributed by atoms with Gasteiger partial charge in [0.25, 0.3) is 5.91 Å². The van der Waals surface area contributed by atoms with Crippen LogP contribution in [0.3, 0.4) is 0 Å². The van der Waals surface area contributed by atoms with Gasteiger partial charge in [-0.3, -0.25) is 9.10 Å². The van der Waals surface area contributed by atoms with Crippen molar-refractivity contribution in [3.8, 4) is 11.4 Å². The van der Waals surface area contributed by atoms with Crippen LogP contribution < -0.4 is 14.5 Å². The van der Waals surface area contributed by atoms with Crippen molar-refractivity contribution in [2.45, 2.75) is 20.8 Å². The maximum Gasteiger partial charge on any atom is 0.260 e. The van der Waals surface area contributed by atoms with Crippen molar-refractivity contribution in [2.24, 2.45) is 5.10 Å². The normalized spacial score (nSPS) is 11.6. The van der Waals surface area contributed by atoms with Crippen LogP contribution in [0.2, 0.25) is 5.02 Å². The fourth-order valence-corrected chi connectivity index (χ4v) is 4.61. The molecular formula is C24H27ClN4O4S. The number of aromatic nitrogens is 1. The third-order valence-electron chi connectivity index (χ3n) is 5.25. The van der Waals surface area contributed by atoms with Crippen molar-refractivity contribution in [3.63, 3.8) is 0 Å². The highest BCUT2D eigenvalue weighted by atomic mass is 35.5. The first-order valence-electron chi connectivity index (χ1n) is 10.4. The number of amides is 1. The number of hydrazone groups is 1. The topological polar surface area (TPSA) is 93.0 Å². The molecule has 0 saturated heterocycles. The third-order valence-corrected chi connectivity index (χ3v) is 6.61. The molecule has 180 valence electrons. The number of carbonyl (C=O) groups is 1. The predicted octanol–water partition coefficient (Wildman–Crippen LogP) is 3.98. The van der Waals surface area contributed by atoms with Crippen molar-refractivity contribution in [1.82, 2.24) is 9.99 Å². The van der Waals surface area contributed by atoms with Crippen molar-refractivity contribution in [2.75, 3.05) is 24.2 Å². The van der Waals surface area contributed by atoms with Crippen LogP contribution in [0.4, 0.5) is 5.69 Å². The molecule has 0 unspecified atom stereocenters. The van der Waals surface area contributed by atoms with Gasteiger partial charge in [-0.15, -0.1) is 0 Å². The Labute approximate surface area is 204 Å². The second-order valence-corrected chi connectivity index (χ2v) is 10.2.